The molecule has 0 amide bonds. The van der Waals surface area contributed by atoms with Gasteiger partial charge in [-0.1, -0.05) is 15.9 Å². The monoisotopic (exact) mass is 264 g/mol. The summed E-state index contributed by atoms with van der Waals surface area (Å²) < 4.78 is 16.5. The van der Waals surface area contributed by atoms with Crippen LogP contribution in [0.5, 0.6) is 0 Å². The van der Waals surface area contributed by atoms with Gasteiger partial charge in [-0.2, -0.15) is 0 Å². The second-order valence-corrected chi connectivity index (χ2v) is 5.12. The van der Waals surface area contributed by atoms with Gasteiger partial charge in [-0.05, 0) is 25.7 Å². The molecule has 1 aliphatic carbocycles. The number of alkyl halides is 1. The van der Waals surface area contributed by atoms with E-state index < -0.39 is 0 Å². The van der Waals surface area contributed by atoms with E-state index in [4.69, 9.17) is 14.2 Å². The van der Waals surface area contributed by atoms with Gasteiger partial charge in [0.05, 0.1) is 6.10 Å². The quantitative estimate of drug-likeness (QED) is 0.577. The van der Waals surface area contributed by atoms with E-state index >= 15 is 0 Å². The standard InChI is InChI=1S/C10H17BrO3/c1-12-7-13-9-3-2-5-10(9)8(11)4-6-14-10/h8-9H,2-7H2,1H3/t8-,9-,10+/m1/s1. The van der Waals surface area contributed by atoms with E-state index in [1.165, 1.54) is 6.42 Å². The Hall–Kier alpha value is 0.360. The Bertz CT molecular complexity index is 196. The smallest absolute Gasteiger partial charge is 0.146 e. The first-order chi connectivity index (χ1) is 6.79. The summed E-state index contributed by atoms with van der Waals surface area (Å²) >= 11 is 3.71. The highest BCUT2D eigenvalue weighted by Crippen LogP contribution is 2.46. The number of halogens is 1. The van der Waals surface area contributed by atoms with Gasteiger partial charge >= 0.3 is 0 Å². The lowest BCUT2D eigenvalue weighted by atomic mass is 9.96. The van der Waals surface area contributed by atoms with Crippen LogP contribution in [-0.4, -0.2) is 37.0 Å². The van der Waals surface area contributed by atoms with Crippen LogP contribution in [0.15, 0.2) is 0 Å². The van der Waals surface area contributed by atoms with E-state index in [2.05, 4.69) is 15.9 Å². The first-order valence-electron chi connectivity index (χ1n) is 5.18. The fraction of sp³-hybridized carbons (Fsp3) is 1.00. The summed E-state index contributed by atoms with van der Waals surface area (Å²) in [6.45, 7) is 1.22. The number of hydrogen-bond donors (Lipinski definition) is 0. The molecule has 0 N–H and O–H groups in total. The molecule has 0 aromatic heterocycles. The molecule has 0 aromatic carbocycles. The highest BCUT2D eigenvalue weighted by atomic mass is 79.9. The lowest BCUT2D eigenvalue weighted by Crippen LogP contribution is -2.45. The second kappa shape index (κ2) is 4.47. The molecule has 2 fully saturated rings. The van der Waals surface area contributed by atoms with E-state index in [9.17, 15) is 0 Å². The van der Waals surface area contributed by atoms with Crippen LogP contribution in [0.25, 0.3) is 0 Å². The minimum absolute atomic E-state index is 0.0709. The third-order valence-corrected chi connectivity index (χ3v) is 4.47. The fourth-order valence-electron chi connectivity index (χ4n) is 2.55. The highest BCUT2D eigenvalue weighted by molar-refractivity contribution is 9.09. The molecule has 2 rings (SSSR count). The maximum absolute atomic E-state index is 5.90. The lowest BCUT2D eigenvalue weighted by molar-refractivity contribution is -0.144. The first kappa shape index (κ1) is 10.9. The summed E-state index contributed by atoms with van der Waals surface area (Å²) in [6.07, 6.45) is 4.68. The molecule has 3 atom stereocenters. The Morgan fingerprint density at radius 3 is 3.00 bits per heavy atom. The van der Waals surface area contributed by atoms with Crippen molar-refractivity contribution < 1.29 is 14.2 Å². The largest absolute Gasteiger partial charge is 0.371 e. The van der Waals surface area contributed by atoms with E-state index in [-0.39, 0.29) is 11.7 Å². The van der Waals surface area contributed by atoms with Crippen molar-refractivity contribution in [2.45, 2.75) is 42.2 Å². The van der Waals surface area contributed by atoms with Crippen LogP contribution in [-0.2, 0) is 14.2 Å². The Labute approximate surface area is 93.2 Å². The zero-order valence-electron chi connectivity index (χ0n) is 8.50. The van der Waals surface area contributed by atoms with Crippen LogP contribution in [0.3, 0.4) is 0 Å². The molecule has 0 radical (unpaired) electrons. The molecule has 4 heteroatoms. The molecule has 1 saturated heterocycles. The van der Waals surface area contributed by atoms with Crippen molar-refractivity contribution >= 4 is 15.9 Å². The number of methoxy groups -OCH3 is 1. The molecule has 0 bridgehead atoms. The second-order valence-electron chi connectivity index (χ2n) is 4.01. The number of rotatable bonds is 3. The summed E-state index contributed by atoms with van der Waals surface area (Å²) in [7, 11) is 1.66. The summed E-state index contributed by atoms with van der Waals surface area (Å²) in [5.74, 6) is 0. The Morgan fingerprint density at radius 1 is 1.50 bits per heavy atom. The molecule has 14 heavy (non-hydrogen) atoms. The summed E-state index contributed by atoms with van der Waals surface area (Å²) in [4.78, 5) is 0.444. The van der Waals surface area contributed by atoms with Crippen LogP contribution >= 0.6 is 15.9 Å². The predicted molar refractivity (Wildman–Crippen MR) is 56.6 cm³/mol. The van der Waals surface area contributed by atoms with E-state index in [0.717, 1.165) is 25.9 Å². The van der Waals surface area contributed by atoms with Crippen molar-refractivity contribution in [3.05, 3.63) is 0 Å². The maximum atomic E-state index is 5.90. The summed E-state index contributed by atoms with van der Waals surface area (Å²) in [5, 5.41) is 0. The topological polar surface area (TPSA) is 27.7 Å². The highest BCUT2D eigenvalue weighted by Gasteiger charge is 2.52. The van der Waals surface area contributed by atoms with E-state index in [0.29, 0.717) is 11.6 Å². The van der Waals surface area contributed by atoms with Crippen molar-refractivity contribution in [1.29, 1.82) is 0 Å². The van der Waals surface area contributed by atoms with Gasteiger partial charge < -0.3 is 14.2 Å². The number of hydrogen-bond acceptors (Lipinski definition) is 3. The SMILES string of the molecule is COCO[C@@H]1CCC[C@@]12OCC[C@H]2Br. The van der Waals surface area contributed by atoms with Gasteiger partial charge in [0, 0.05) is 18.5 Å². The zero-order chi connectivity index (χ0) is 10.0. The van der Waals surface area contributed by atoms with Gasteiger partial charge in [-0.25, -0.2) is 0 Å². The van der Waals surface area contributed by atoms with Gasteiger partial charge in [-0.3, -0.25) is 0 Å². The van der Waals surface area contributed by atoms with Crippen LogP contribution in [0.2, 0.25) is 0 Å². The minimum atomic E-state index is -0.0709. The Kier molecular flexibility index (Phi) is 3.47. The summed E-state index contributed by atoms with van der Waals surface area (Å²) in [5.41, 5.74) is -0.0709. The predicted octanol–water partition coefficient (Wildman–Crippen LogP) is 2.08. The van der Waals surface area contributed by atoms with Gasteiger partial charge in [0.25, 0.3) is 0 Å². The van der Waals surface area contributed by atoms with Crippen molar-refractivity contribution in [2.24, 2.45) is 0 Å². The average molecular weight is 265 g/mol. The van der Waals surface area contributed by atoms with Crippen molar-refractivity contribution in [1.82, 2.24) is 0 Å². The molecule has 0 unspecified atom stereocenters. The molecule has 1 spiro atoms. The molecule has 0 aromatic rings. The molecule has 1 saturated carbocycles. The summed E-state index contributed by atoms with van der Waals surface area (Å²) in [6, 6.07) is 0. The molecule has 82 valence electrons. The van der Waals surface area contributed by atoms with Crippen molar-refractivity contribution in [3.8, 4) is 0 Å². The zero-order valence-corrected chi connectivity index (χ0v) is 10.1. The number of ether oxygens (including phenoxy) is 3. The van der Waals surface area contributed by atoms with Crippen molar-refractivity contribution in [2.75, 3.05) is 20.5 Å². The molecular weight excluding hydrogens is 248 g/mol. The molecule has 1 heterocycles. The molecule has 1 aliphatic heterocycles. The molecule has 3 nitrogen and oxygen atoms in total. The fourth-order valence-corrected chi connectivity index (χ4v) is 3.40. The Balaban J connectivity index is 2.01. The van der Waals surface area contributed by atoms with Crippen molar-refractivity contribution in [3.63, 3.8) is 0 Å². The first-order valence-corrected chi connectivity index (χ1v) is 6.10. The molecular formula is C10H17BrO3. The maximum Gasteiger partial charge on any atom is 0.146 e. The molecule has 2 aliphatic rings. The average Bonchev–Trinajstić information content (AvgIpc) is 2.74. The normalized spacial score (nSPS) is 42.4. The third kappa shape index (κ3) is 1.73. The minimum Gasteiger partial charge on any atom is -0.371 e. The lowest BCUT2D eigenvalue weighted by Gasteiger charge is -2.33. The van der Waals surface area contributed by atoms with E-state index in [1.807, 2.05) is 0 Å². The van der Waals surface area contributed by atoms with Gasteiger partial charge in [-0.15, -0.1) is 0 Å². The van der Waals surface area contributed by atoms with Gasteiger partial charge in [0.1, 0.15) is 12.4 Å². The third-order valence-electron chi connectivity index (χ3n) is 3.24. The van der Waals surface area contributed by atoms with Gasteiger partial charge in [0.15, 0.2) is 0 Å². The van der Waals surface area contributed by atoms with Crippen LogP contribution in [0, 0.1) is 0 Å². The van der Waals surface area contributed by atoms with E-state index in [1.54, 1.807) is 7.11 Å². The van der Waals surface area contributed by atoms with Crippen LogP contribution in [0.4, 0.5) is 0 Å². The Morgan fingerprint density at radius 2 is 2.36 bits per heavy atom. The van der Waals surface area contributed by atoms with Gasteiger partial charge in [0.2, 0.25) is 0 Å². The van der Waals surface area contributed by atoms with Crippen LogP contribution < -0.4 is 0 Å². The van der Waals surface area contributed by atoms with Crippen LogP contribution in [0.1, 0.15) is 25.7 Å².